The Morgan fingerprint density at radius 1 is 0.760 bits per heavy atom. The molecule has 0 heterocycles. The first-order valence-electron chi connectivity index (χ1n) is 8.50. The van der Waals surface area contributed by atoms with Crippen LogP contribution in [0.15, 0.2) is 84.9 Å². The smallest absolute Gasteiger partial charge is 0.119 e. The quantitative estimate of drug-likeness (QED) is 0.652. The SMILES string of the molecule is OCC(NCc1ccccc1)c1ccc(OCc2ccccc2)cc1. The molecule has 0 aliphatic heterocycles. The number of benzene rings is 3. The molecule has 128 valence electrons. The molecule has 3 heteroatoms. The molecule has 1 unspecified atom stereocenters. The summed E-state index contributed by atoms with van der Waals surface area (Å²) in [5.41, 5.74) is 3.39. The van der Waals surface area contributed by atoms with E-state index >= 15 is 0 Å². The molecule has 0 fully saturated rings. The zero-order valence-electron chi connectivity index (χ0n) is 14.1. The first-order chi connectivity index (χ1) is 12.3. The number of hydrogen-bond donors (Lipinski definition) is 2. The molecule has 3 nitrogen and oxygen atoms in total. The fourth-order valence-electron chi connectivity index (χ4n) is 2.66. The Kier molecular flexibility index (Phi) is 6.21. The molecule has 0 spiro atoms. The largest absolute Gasteiger partial charge is 0.489 e. The van der Waals surface area contributed by atoms with Crippen molar-refractivity contribution in [2.75, 3.05) is 6.61 Å². The normalized spacial score (nSPS) is 11.9. The molecule has 1 atom stereocenters. The van der Waals surface area contributed by atoms with Crippen molar-refractivity contribution in [3.05, 3.63) is 102 Å². The Labute approximate surface area is 148 Å². The predicted octanol–water partition coefficient (Wildman–Crippen LogP) is 4.09. The number of nitrogens with one attached hydrogen (secondary N) is 1. The first-order valence-corrected chi connectivity index (χ1v) is 8.50. The molecule has 0 aliphatic carbocycles. The van der Waals surface area contributed by atoms with Gasteiger partial charge in [-0.15, -0.1) is 0 Å². The summed E-state index contributed by atoms with van der Waals surface area (Å²) in [5, 5.41) is 13.1. The molecule has 0 aromatic heterocycles. The fourth-order valence-corrected chi connectivity index (χ4v) is 2.66. The fraction of sp³-hybridized carbons (Fsp3) is 0.182. The van der Waals surface area contributed by atoms with Gasteiger partial charge < -0.3 is 15.2 Å². The lowest BCUT2D eigenvalue weighted by Crippen LogP contribution is -2.23. The van der Waals surface area contributed by atoms with Crippen LogP contribution in [-0.2, 0) is 13.2 Å². The summed E-state index contributed by atoms with van der Waals surface area (Å²) < 4.78 is 5.81. The van der Waals surface area contributed by atoms with Gasteiger partial charge in [-0.05, 0) is 28.8 Å². The maximum atomic E-state index is 9.69. The van der Waals surface area contributed by atoms with Gasteiger partial charge in [-0.25, -0.2) is 0 Å². The standard InChI is InChI=1S/C22H23NO2/c24-16-22(23-15-18-7-3-1-4-8-18)20-11-13-21(14-12-20)25-17-19-9-5-2-6-10-19/h1-14,22-24H,15-17H2. The minimum absolute atomic E-state index is 0.0526. The van der Waals surface area contributed by atoms with Crippen molar-refractivity contribution in [3.8, 4) is 5.75 Å². The lowest BCUT2D eigenvalue weighted by Gasteiger charge is -2.17. The molecular formula is C22H23NO2. The van der Waals surface area contributed by atoms with Crippen LogP contribution in [-0.4, -0.2) is 11.7 Å². The van der Waals surface area contributed by atoms with Crippen LogP contribution in [0, 0.1) is 0 Å². The molecule has 0 bridgehead atoms. The van der Waals surface area contributed by atoms with Crippen LogP contribution in [0.25, 0.3) is 0 Å². The molecule has 0 amide bonds. The molecule has 25 heavy (non-hydrogen) atoms. The van der Waals surface area contributed by atoms with E-state index in [1.807, 2.05) is 72.8 Å². The van der Waals surface area contributed by atoms with E-state index in [1.54, 1.807) is 0 Å². The van der Waals surface area contributed by atoms with E-state index < -0.39 is 0 Å². The third-order valence-electron chi connectivity index (χ3n) is 4.11. The van der Waals surface area contributed by atoms with Crippen LogP contribution in [0.1, 0.15) is 22.7 Å². The second-order valence-electron chi connectivity index (χ2n) is 5.94. The van der Waals surface area contributed by atoms with Gasteiger partial charge in [0.2, 0.25) is 0 Å². The van der Waals surface area contributed by atoms with Gasteiger partial charge in [-0.2, -0.15) is 0 Å². The Balaban J connectivity index is 1.56. The van der Waals surface area contributed by atoms with Gasteiger partial charge in [-0.1, -0.05) is 72.8 Å². The van der Waals surface area contributed by atoms with Crippen molar-refractivity contribution in [1.82, 2.24) is 5.32 Å². The van der Waals surface area contributed by atoms with Crippen LogP contribution in [0.5, 0.6) is 5.75 Å². The van der Waals surface area contributed by atoms with Gasteiger partial charge in [0.1, 0.15) is 12.4 Å². The topological polar surface area (TPSA) is 41.5 Å². The summed E-state index contributed by atoms with van der Waals surface area (Å²) in [4.78, 5) is 0. The van der Waals surface area contributed by atoms with Crippen molar-refractivity contribution in [2.45, 2.75) is 19.2 Å². The summed E-state index contributed by atoms with van der Waals surface area (Å²) in [5.74, 6) is 0.826. The highest BCUT2D eigenvalue weighted by Crippen LogP contribution is 2.19. The van der Waals surface area contributed by atoms with E-state index in [0.717, 1.165) is 23.4 Å². The number of rotatable bonds is 8. The Morgan fingerprint density at radius 3 is 1.96 bits per heavy atom. The highest BCUT2D eigenvalue weighted by atomic mass is 16.5. The van der Waals surface area contributed by atoms with Crippen molar-refractivity contribution < 1.29 is 9.84 Å². The van der Waals surface area contributed by atoms with E-state index in [0.29, 0.717) is 6.61 Å². The summed E-state index contributed by atoms with van der Waals surface area (Å²) >= 11 is 0. The van der Waals surface area contributed by atoms with Gasteiger partial charge in [0.05, 0.1) is 12.6 Å². The third kappa shape index (κ3) is 5.18. The van der Waals surface area contributed by atoms with E-state index in [2.05, 4.69) is 17.4 Å². The van der Waals surface area contributed by atoms with Crippen LogP contribution in [0.2, 0.25) is 0 Å². The summed E-state index contributed by atoms with van der Waals surface area (Å²) in [6, 6.07) is 28.1. The van der Waals surface area contributed by atoms with Gasteiger partial charge in [0.15, 0.2) is 0 Å². The average Bonchev–Trinajstić information content (AvgIpc) is 2.69. The number of aliphatic hydroxyl groups excluding tert-OH is 1. The van der Waals surface area contributed by atoms with Crippen LogP contribution in [0.4, 0.5) is 0 Å². The van der Waals surface area contributed by atoms with Crippen molar-refractivity contribution in [3.63, 3.8) is 0 Å². The second-order valence-corrected chi connectivity index (χ2v) is 5.94. The molecular weight excluding hydrogens is 310 g/mol. The number of aliphatic hydroxyl groups is 1. The molecule has 3 aromatic carbocycles. The van der Waals surface area contributed by atoms with Gasteiger partial charge in [-0.3, -0.25) is 0 Å². The summed E-state index contributed by atoms with van der Waals surface area (Å²) in [7, 11) is 0. The van der Waals surface area contributed by atoms with Crippen LogP contribution in [0.3, 0.4) is 0 Å². The number of hydrogen-bond acceptors (Lipinski definition) is 3. The van der Waals surface area contributed by atoms with Crippen LogP contribution >= 0.6 is 0 Å². The van der Waals surface area contributed by atoms with Crippen LogP contribution < -0.4 is 10.1 Å². The minimum atomic E-state index is -0.0941. The monoisotopic (exact) mass is 333 g/mol. The third-order valence-corrected chi connectivity index (χ3v) is 4.11. The van der Waals surface area contributed by atoms with Crippen molar-refractivity contribution >= 4 is 0 Å². The first kappa shape index (κ1) is 17.2. The maximum Gasteiger partial charge on any atom is 0.119 e. The van der Waals surface area contributed by atoms with E-state index in [4.69, 9.17) is 4.74 Å². The molecule has 0 saturated carbocycles. The maximum absolute atomic E-state index is 9.69. The lowest BCUT2D eigenvalue weighted by molar-refractivity contribution is 0.243. The summed E-state index contributed by atoms with van der Waals surface area (Å²) in [6.45, 7) is 1.32. The van der Waals surface area contributed by atoms with E-state index in [9.17, 15) is 5.11 Å². The summed E-state index contributed by atoms with van der Waals surface area (Å²) in [6.07, 6.45) is 0. The van der Waals surface area contributed by atoms with E-state index in [1.165, 1.54) is 5.56 Å². The minimum Gasteiger partial charge on any atom is -0.489 e. The molecule has 3 aromatic rings. The van der Waals surface area contributed by atoms with Gasteiger partial charge in [0, 0.05) is 6.54 Å². The molecule has 0 saturated heterocycles. The molecule has 0 aliphatic rings. The Hall–Kier alpha value is -2.62. The molecule has 0 radical (unpaired) electrons. The zero-order chi connectivity index (χ0) is 17.3. The van der Waals surface area contributed by atoms with Gasteiger partial charge >= 0.3 is 0 Å². The highest BCUT2D eigenvalue weighted by Gasteiger charge is 2.10. The zero-order valence-corrected chi connectivity index (χ0v) is 14.1. The lowest BCUT2D eigenvalue weighted by atomic mass is 10.1. The number of ether oxygens (including phenoxy) is 1. The Bertz CT molecular complexity index is 742. The second kappa shape index (κ2) is 9.02. The average molecular weight is 333 g/mol. The van der Waals surface area contributed by atoms with E-state index in [-0.39, 0.29) is 12.6 Å². The van der Waals surface area contributed by atoms with Crippen molar-refractivity contribution in [1.29, 1.82) is 0 Å². The highest BCUT2D eigenvalue weighted by molar-refractivity contribution is 5.30. The molecule has 2 N–H and O–H groups in total. The van der Waals surface area contributed by atoms with Gasteiger partial charge in [0.25, 0.3) is 0 Å². The predicted molar refractivity (Wildman–Crippen MR) is 100 cm³/mol. The Morgan fingerprint density at radius 2 is 1.36 bits per heavy atom. The van der Waals surface area contributed by atoms with Crippen molar-refractivity contribution in [2.24, 2.45) is 0 Å². The molecule has 3 rings (SSSR count).